The number of carboxylic acids is 1. The second-order valence-corrected chi connectivity index (χ2v) is 9.13. The van der Waals surface area contributed by atoms with Gasteiger partial charge in [0.2, 0.25) is 12.3 Å². The molecule has 41 heavy (non-hydrogen) atoms. The Kier molecular flexibility index (Phi) is 9.38. The summed E-state index contributed by atoms with van der Waals surface area (Å²) in [5, 5.41) is 30.8. The Morgan fingerprint density at radius 3 is 2.56 bits per heavy atom. The van der Waals surface area contributed by atoms with E-state index in [4.69, 9.17) is 36.6 Å². The van der Waals surface area contributed by atoms with E-state index >= 15 is 0 Å². The molecule has 13 heteroatoms. The summed E-state index contributed by atoms with van der Waals surface area (Å²) in [6, 6.07) is 14.9. The van der Waals surface area contributed by atoms with Crippen molar-refractivity contribution in [2.45, 2.75) is 19.9 Å². The Bertz CT molecular complexity index is 1540. The predicted octanol–water partition coefficient (Wildman–Crippen LogP) is 4.32. The van der Waals surface area contributed by atoms with Crippen LogP contribution in [0.1, 0.15) is 39.9 Å². The lowest BCUT2D eigenvalue weighted by Crippen LogP contribution is -2.16. The molecular formula is C28H27ClN6O6. The minimum absolute atomic E-state index is 0.0791. The van der Waals surface area contributed by atoms with E-state index in [1.54, 1.807) is 49.4 Å². The van der Waals surface area contributed by atoms with Crippen molar-refractivity contribution in [1.29, 1.82) is 5.41 Å². The van der Waals surface area contributed by atoms with Gasteiger partial charge in [-0.25, -0.2) is 4.79 Å². The first-order valence-corrected chi connectivity index (χ1v) is 12.8. The Labute approximate surface area is 239 Å². The number of hydrogen-bond acceptors (Lipinski definition) is 9. The third-order valence-electron chi connectivity index (χ3n) is 5.74. The van der Waals surface area contributed by atoms with Gasteiger partial charge in [-0.1, -0.05) is 11.6 Å². The third kappa shape index (κ3) is 7.73. The van der Waals surface area contributed by atoms with Gasteiger partial charge in [0, 0.05) is 34.1 Å². The second kappa shape index (κ2) is 13.3. The van der Waals surface area contributed by atoms with Crippen molar-refractivity contribution in [3.8, 4) is 11.5 Å². The number of hydrogen-bond donors (Lipinski definition) is 5. The molecule has 1 amide bonds. The highest BCUT2D eigenvalue weighted by molar-refractivity contribution is 6.31. The van der Waals surface area contributed by atoms with E-state index in [0.717, 1.165) is 5.56 Å². The first-order valence-electron chi connectivity index (χ1n) is 12.4. The smallest absolute Gasteiger partial charge is 0.341 e. The summed E-state index contributed by atoms with van der Waals surface area (Å²) in [7, 11) is 0. The highest BCUT2D eigenvalue weighted by Gasteiger charge is 2.18. The molecular weight excluding hydrogens is 552 g/mol. The fourth-order valence-corrected chi connectivity index (χ4v) is 4.12. The number of carbonyl (C=O) groups excluding carboxylic acids is 1. The van der Waals surface area contributed by atoms with E-state index in [9.17, 15) is 14.7 Å². The highest BCUT2D eigenvalue weighted by atomic mass is 35.5. The topological polar surface area (TPSA) is 186 Å². The number of amides is 1. The van der Waals surface area contributed by atoms with Crippen LogP contribution in [-0.2, 0) is 17.8 Å². The zero-order valence-corrected chi connectivity index (χ0v) is 22.7. The molecule has 0 bridgehead atoms. The molecule has 6 N–H and O–H groups in total. The van der Waals surface area contributed by atoms with Gasteiger partial charge < -0.3 is 35.4 Å². The van der Waals surface area contributed by atoms with Crippen LogP contribution in [0.25, 0.3) is 0 Å². The van der Waals surface area contributed by atoms with Crippen LogP contribution in [0.3, 0.4) is 0 Å². The first-order chi connectivity index (χ1) is 19.7. The summed E-state index contributed by atoms with van der Waals surface area (Å²) < 4.78 is 16.7. The first kappa shape index (κ1) is 28.9. The number of rotatable bonds is 13. The van der Waals surface area contributed by atoms with Crippen LogP contribution < -0.4 is 25.8 Å². The number of aliphatic carboxylic acids is 1. The van der Waals surface area contributed by atoms with Crippen molar-refractivity contribution >= 4 is 40.7 Å². The van der Waals surface area contributed by atoms with E-state index < -0.39 is 18.5 Å². The maximum atomic E-state index is 13.2. The Balaban J connectivity index is 1.62. The minimum Gasteiger partial charge on any atom is -0.490 e. The number of nitrogens with one attached hydrogen (secondary N) is 3. The fraction of sp³-hybridized carbons (Fsp3) is 0.179. The van der Waals surface area contributed by atoms with Gasteiger partial charge in [-0.2, -0.15) is 0 Å². The molecule has 0 fully saturated rings. The largest absolute Gasteiger partial charge is 0.490 e. The van der Waals surface area contributed by atoms with E-state index in [1.807, 2.05) is 6.07 Å². The molecule has 0 saturated carbocycles. The normalized spacial score (nSPS) is 10.6. The van der Waals surface area contributed by atoms with Crippen LogP contribution in [0.5, 0.6) is 11.5 Å². The number of carbonyl (C=O) groups is 2. The van der Waals surface area contributed by atoms with Gasteiger partial charge in [-0.15, -0.1) is 10.2 Å². The lowest BCUT2D eigenvalue weighted by atomic mass is 10.0. The van der Waals surface area contributed by atoms with Crippen LogP contribution >= 0.6 is 11.6 Å². The van der Waals surface area contributed by atoms with Gasteiger partial charge in [-0.3, -0.25) is 10.2 Å². The number of halogens is 1. The maximum Gasteiger partial charge on any atom is 0.341 e. The number of nitrogens with two attached hydrogens (primary N) is 1. The molecule has 4 rings (SSSR count). The minimum atomic E-state index is -1.14. The van der Waals surface area contributed by atoms with Gasteiger partial charge in [0.1, 0.15) is 5.84 Å². The average Bonchev–Trinajstić information content (AvgIpc) is 3.45. The molecule has 3 aromatic carbocycles. The number of ether oxygens (including phenoxy) is 2. The molecule has 212 valence electrons. The molecule has 0 atom stereocenters. The average molecular weight is 579 g/mol. The number of carboxylic acid groups (broad SMARTS) is 1. The van der Waals surface area contributed by atoms with Crippen LogP contribution in [0.15, 0.2) is 65.4 Å². The van der Waals surface area contributed by atoms with E-state index in [-0.39, 0.29) is 23.7 Å². The number of benzene rings is 3. The number of amidine groups is 1. The molecule has 0 spiro atoms. The summed E-state index contributed by atoms with van der Waals surface area (Å²) in [6.07, 6.45) is 1.54. The molecule has 4 aromatic rings. The van der Waals surface area contributed by atoms with Crippen molar-refractivity contribution in [2.24, 2.45) is 5.73 Å². The van der Waals surface area contributed by atoms with Crippen LogP contribution in [-0.4, -0.2) is 46.2 Å². The van der Waals surface area contributed by atoms with Crippen LogP contribution in [0.4, 0.5) is 11.4 Å². The molecule has 0 unspecified atom stereocenters. The van der Waals surface area contributed by atoms with Crippen molar-refractivity contribution in [3.63, 3.8) is 0 Å². The standard InChI is InChI=1S/C28H27ClN6O6/c1-2-39-23-10-16(11-24-35-33-15-41-24)9-18(26(23)40-14-25(36)37)13-32-22-8-5-19(29)12-21(22)28(38)34-20-6-3-17(4-7-20)27(30)31/h3-10,12,15,32H,2,11,13-14H2,1H3,(H3,30,31)(H,34,38)(H,36,37). The lowest BCUT2D eigenvalue weighted by molar-refractivity contribution is -0.139. The van der Waals surface area contributed by atoms with Gasteiger partial charge in [0.05, 0.1) is 18.6 Å². The van der Waals surface area contributed by atoms with Crippen molar-refractivity contribution in [2.75, 3.05) is 23.8 Å². The fourth-order valence-electron chi connectivity index (χ4n) is 3.95. The zero-order chi connectivity index (χ0) is 29.4. The summed E-state index contributed by atoms with van der Waals surface area (Å²) in [5.74, 6) is -0.655. The molecule has 12 nitrogen and oxygen atoms in total. The monoisotopic (exact) mass is 578 g/mol. The summed E-state index contributed by atoms with van der Waals surface area (Å²) in [5.41, 5.74) is 8.62. The molecule has 0 aliphatic carbocycles. The Hall–Kier alpha value is -5.10. The third-order valence-corrected chi connectivity index (χ3v) is 5.98. The summed E-state index contributed by atoms with van der Waals surface area (Å²) >= 11 is 6.22. The molecule has 1 aromatic heterocycles. The van der Waals surface area contributed by atoms with Crippen molar-refractivity contribution < 1.29 is 28.6 Å². The summed E-state index contributed by atoms with van der Waals surface area (Å²) in [6.45, 7) is 1.68. The van der Waals surface area contributed by atoms with Crippen molar-refractivity contribution in [1.82, 2.24) is 10.2 Å². The maximum absolute atomic E-state index is 13.2. The van der Waals surface area contributed by atoms with E-state index in [0.29, 0.717) is 52.2 Å². The van der Waals surface area contributed by atoms with Gasteiger partial charge in [0.15, 0.2) is 18.1 Å². The Morgan fingerprint density at radius 2 is 1.90 bits per heavy atom. The van der Waals surface area contributed by atoms with Gasteiger partial charge >= 0.3 is 5.97 Å². The second-order valence-electron chi connectivity index (χ2n) is 8.70. The molecule has 0 aliphatic heterocycles. The van der Waals surface area contributed by atoms with Crippen LogP contribution in [0.2, 0.25) is 5.02 Å². The van der Waals surface area contributed by atoms with Crippen molar-refractivity contribution in [3.05, 3.63) is 94.2 Å². The zero-order valence-electron chi connectivity index (χ0n) is 21.9. The van der Waals surface area contributed by atoms with E-state index in [1.165, 1.54) is 12.5 Å². The number of anilines is 2. The van der Waals surface area contributed by atoms with Crippen LogP contribution in [0, 0.1) is 5.41 Å². The molecule has 0 saturated heterocycles. The SMILES string of the molecule is CCOc1cc(Cc2nnco2)cc(CNc2ccc(Cl)cc2C(=O)Nc2ccc(C(=N)N)cc2)c1OCC(=O)O. The molecule has 0 radical (unpaired) electrons. The number of nitrogens with zero attached hydrogens (tertiary/aromatic N) is 2. The highest BCUT2D eigenvalue weighted by Crippen LogP contribution is 2.35. The summed E-state index contributed by atoms with van der Waals surface area (Å²) in [4.78, 5) is 24.5. The predicted molar refractivity (Wildman–Crippen MR) is 152 cm³/mol. The number of nitrogen functional groups attached to an aromatic ring is 1. The van der Waals surface area contributed by atoms with Gasteiger partial charge in [-0.05, 0) is 67.1 Å². The Morgan fingerprint density at radius 1 is 1.12 bits per heavy atom. The quantitative estimate of drug-likeness (QED) is 0.113. The molecule has 1 heterocycles. The number of aromatic nitrogens is 2. The van der Waals surface area contributed by atoms with Gasteiger partial charge in [0.25, 0.3) is 5.91 Å². The lowest BCUT2D eigenvalue weighted by Gasteiger charge is -2.19. The van der Waals surface area contributed by atoms with E-state index in [2.05, 4.69) is 20.8 Å². The molecule has 0 aliphatic rings.